The van der Waals surface area contributed by atoms with Crippen molar-refractivity contribution in [2.24, 2.45) is 5.92 Å². The molecule has 0 saturated carbocycles. The normalized spacial score (nSPS) is 12.7. The fourth-order valence-electron chi connectivity index (χ4n) is 3.34. The van der Waals surface area contributed by atoms with Gasteiger partial charge in [-0.25, -0.2) is 0 Å². The SMILES string of the molecule is CCCC(CCC)C(NCC)c1cc(C)c(OC)cc1C. The Morgan fingerprint density at radius 3 is 2.10 bits per heavy atom. The summed E-state index contributed by atoms with van der Waals surface area (Å²) in [5, 5.41) is 3.73. The van der Waals surface area contributed by atoms with Crippen LogP contribution in [0, 0.1) is 19.8 Å². The lowest BCUT2D eigenvalue weighted by Gasteiger charge is -2.30. The van der Waals surface area contributed by atoms with E-state index >= 15 is 0 Å². The van der Waals surface area contributed by atoms with Crippen molar-refractivity contribution in [3.05, 3.63) is 28.8 Å². The van der Waals surface area contributed by atoms with Crippen LogP contribution in [0.4, 0.5) is 0 Å². The average molecular weight is 291 g/mol. The standard InChI is InChI=1S/C19H33NO/c1-7-10-16(11-8-2)19(20-9-3)17-12-15(5)18(21-6)13-14(17)4/h12-13,16,19-20H,7-11H2,1-6H3. The zero-order chi connectivity index (χ0) is 15.8. The second-order valence-electron chi connectivity index (χ2n) is 6.05. The number of hydrogen-bond acceptors (Lipinski definition) is 2. The van der Waals surface area contributed by atoms with Gasteiger partial charge in [-0.05, 0) is 61.9 Å². The summed E-state index contributed by atoms with van der Waals surface area (Å²) in [5.74, 6) is 1.71. The van der Waals surface area contributed by atoms with Gasteiger partial charge in [0.1, 0.15) is 5.75 Å². The maximum atomic E-state index is 5.46. The lowest BCUT2D eigenvalue weighted by Crippen LogP contribution is -2.29. The summed E-state index contributed by atoms with van der Waals surface area (Å²) in [6.07, 6.45) is 5.08. The molecule has 1 N–H and O–H groups in total. The first-order valence-corrected chi connectivity index (χ1v) is 8.47. The van der Waals surface area contributed by atoms with E-state index in [1.807, 2.05) is 0 Å². The lowest BCUT2D eigenvalue weighted by atomic mass is 9.83. The number of ether oxygens (including phenoxy) is 1. The van der Waals surface area contributed by atoms with Crippen molar-refractivity contribution in [1.29, 1.82) is 0 Å². The van der Waals surface area contributed by atoms with Crippen LogP contribution in [0.1, 0.15) is 69.2 Å². The topological polar surface area (TPSA) is 21.3 Å². The van der Waals surface area contributed by atoms with Crippen molar-refractivity contribution in [1.82, 2.24) is 5.32 Å². The molecule has 0 spiro atoms. The van der Waals surface area contributed by atoms with Crippen LogP contribution in [0.3, 0.4) is 0 Å². The van der Waals surface area contributed by atoms with Gasteiger partial charge in [0.05, 0.1) is 7.11 Å². The number of hydrogen-bond donors (Lipinski definition) is 1. The second-order valence-corrected chi connectivity index (χ2v) is 6.05. The minimum absolute atomic E-state index is 0.458. The van der Waals surface area contributed by atoms with E-state index in [2.05, 4.69) is 52.1 Å². The van der Waals surface area contributed by atoms with Crippen LogP contribution >= 0.6 is 0 Å². The third kappa shape index (κ3) is 4.74. The molecule has 2 heteroatoms. The first-order valence-electron chi connectivity index (χ1n) is 8.47. The number of methoxy groups -OCH3 is 1. The Labute approximate surface area is 131 Å². The van der Waals surface area contributed by atoms with Crippen molar-refractivity contribution in [2.45, 2.75) is 66.3 Å². The molecule has 0 fully saturated rings. The predicted octanol–water partition coefficient (Wildman–Crippen LogP) is 5.18. The van der Waals surface area contributed by atoms with E-state index in [9.17, 15) is 0 Å². The Kier molecular flexibility index (Phi) is 7.81. The molecular weight excluding hydrogens is 258 g/mol. The summed E-state index contributed by atoms with van der Waals surface area (Å²) in [4.78, 5) is 0. The number of benzene rings is 1. The van der Waals surface area contributed by atoms with E-state index in [0.29, 0.717) is 12.0 Å². The molecule has 1 atom stereocenters. The van der Waals surface area contributed by atoms with Crippen LogP contribution in [-0.4, -0.2) is 13.7 Å². The van der Waals surface area contributed by atoms with Gasteiger partial charge in [0.15, 0.2) is 0 Å². The Hall–Kier alpha value is -1.02. The van der Waals surface area contributed by atoms with Crippen LogP contribution in [0.5, 0.6) is 5.75 Å². The van der Waals surface area contributed by atoms with Crippen molar-refractivity contribution in [3.63, 3.8) is 0 Å². The van der Waals surface area contributed by atoms with E-state index in [-0.39, 0.29) is 0 Å². The highest BCUT2D eigenvalue weighted by molar-refractivity contribution is 5.43. The van der Waals surface area contributed by atoms with Crippen molar-refractivity contribution >= 4 is 0 Å². The monoisotopic (exact) mass is 291 g/mol. The minimum atomic E-state index is 0.458. The van der Waals surface area contributed by atoms with Crippen LogP contribution in [-0.2, 0) is 0 Å². The van der Waals surface area contributed by atoms with Crippen molar-refractivity contribution in [2.75, 3.05) is 13.7 Å². The maximum absolute atomic E-state index is 5.46. The van der Waals surface area contributed by atoms with Gasteiger partial charge in [-0.3, -0.25) is 0 Å². The summed E-state index contributed by atoms with van der Waals surface area (Å²) < 4.78 is 5.46. The zero-order valence-electron chi connectivity index (χ0n) is 14.8. The highest BCUT2D eigenvalue weighted by Crippen LogP contribution is 2.34. The first-order chi connectivity index (χ1) is 10.1. The molecule has 2 nitrogen and oxygen atoms in total. The molecule has 1 aromatic carbocycles. The van der Waals surface area contributed by atoms with Crippen molar-refractivity contribution in [3.8, 4) is 5.75 Å². The van der Waals surface area contributed by atoms with Crippen LogP contribution in [0.2, 0.25) is 0 Å². The molecular formula is C19H33NO. The number of nitrogens with one attached hydrogen (secondary N) is 1. The van der Waals surface area contributed by atoms with Gasteiger partial charge in [0.25, 0.3) is 0 Å². The molecule has 0 aliphatic heterocycles. The smallest absolute Gasteiger partial charge is 0.122 e. The third-order valence-electron chi connectivity index (χ3n) is 4.33. The molecule has 0 radical (unpaired) electrons. The highest BCUT2D eigenvalue weighted by Gasteiger charge is 2.23. The molecule has 1 rings (SSSR count). The van der Waals surface area contributed by atoms with Crippen LogP contribution in [0.25, 0.3) is 0 Å². The second kappa shape index (κ2) is 9.09. The van der Waals surface area contributed by atoms with Gasteiger partial charge in [-0.1, -0.05) is 39.7 Å². The average Bonchev–Trinajstić information content (AvgIpc) is 2.47. The quantitative estimate of drug-likeness (QED) is 0.677. The largest absolute Gasteiger partial charge is 0.496 e. The zero-order valence-corrected chi connectivity index (χ0v) is 14.8. The Morgan fingerprint density at radius 1 is 1.00 bits per heavy atom. The molecule has 21 heavy (non-hydrogen) atoms. The van der Waals surface area contributed by atoms with E-state index in [4.69, 9.17) is 4.74 Å². The highest BCUT2D eigenvalue weighted by atomic mass is 16.5. The fraction of sp³-hybridized carbons (Fsp3) is 0.684. The molecule has 1 unspecified atom stereocenters. The maximum Gasteiger partial charge on any atom is 0.122 e. The third-order valence-corrected chi connectivity index (χ3v) is 4.33. The summed E-state index contributed by atoms with van der Waals surface area (Å²) in [6.45, 7) is 12.1. The molecule has 0 amide bonds. The van der Waals surface area contributed by atoms with Gasteiger partial charge >= 0.3 is 0 Å². The fourth-order valence-corrected chi connectivity index (χ4v) is 3.34. The van der Waals surface area contributed by atoms with Gasteiger partial charge in [-0.2, -0.15) is 0 Å². The molecule has 0 aliphatic rings. The van der Waals surface area contributed by atoms with E-state index in [1.54, 1.807) is 7.11 Å². The summed E-state index contributed by atoms with van der Waals surface area (Å²) >= 11 is 0. The molecule has 0 heterocycles. The first kappa shape index (κ1) is 18.0. The number of aryl methyl sites for hydroxylation is 2. The Bertz CT molecular complexity index is 422. The van der Waals surface area contributed by atoms with Gasteiger partial charge in [0.2, 0.25) is 0 Å². The molecule has 0 aliphatic carbocycles. The van der Waals surface area contributed by atoms with Crippen LogP contribution < -0.4 is 10.1 Å². The van der Waals surface area contributed by atoms with Crippen LogP contribution in [0.15, 0.2) is 12.1 Å². The molecule has 0 aromatic heterocycles. The van der Waals surface area contributed by atoms with Crippen molar-refractivity contribution < 1.29 is 4.74 Å². The molecule has 0 bridgehead atoms. The molecule has 0 saturated heterocycles. The van der Waals surface area contributed by atoms with E-state index < -0.39 is 0 Å². The number of rotatable bonds is 9. The Balaban J connectivity index is 3.17. The summed E-state index contributed by atoms with van der Waals surface area (Å²) in [6, 6.07) is 4.96. The molecule has 1 aromatic rings. The minimum Gasteiger partial charge on any atom is -0.496 e. The Morgan fingerprint density at radius 2 is 1.62 bits per heavy atom. The van der Waals surface area contributed by atoms with Gasteiger partial charge in [-0.15, -0.1) is 0 Å². The van der Waals surface area contributed by atoms with E-state index in [1.165, 1.54) is 42.4 Å². The van der Waals surface area contributed by atoms with Gasteiger partial charge in [0, 0.05) is 6.04 Å². The van der Waals surface area contributed by atoms with Gasteiger partial charge < -0.3 is 10.1 Å². The van der Waals surface area contributed by atoms with E-state index in [0.717, 1.165) is 12.3 Å². The predicted molar refractivity (Wildman–Crippen MR) is 92.2 cm³/mol. The summed E-state index contributed by atoms with van der Waals surface area (Å²) in [5.41, 5.74) is 4.01. The molecule has 120 valence electrons. The summed E-state index contributed by atoms with van der Waals surface area (Å²) in [7, 11) is 1.75. The lowest BCUT2D eigenvalue weighted by molar-refractivity contribution is 0.319.